The Hall–Kier alpha value is -1.13. The van der Waals surface area contributed by atoms with Gasteiger partial charge < -0.3 is 10.1 Å². The predicted octanol–water partition coefficient (Wildman–Crippen LogP) is 1.62. The molecule has 0 spiro atoms. The van der Waals surface area contributed by atoms with Crippen LogP contribution in [0.5, 0.6) is 0 Å². The second-order valence-electron chi connectivity index (χ2n) is 4.22. The molecule has 4 nitrogen and oxygen atoms in total. The van der Waals surface area contributed by atoms with Crippen molar-refractivity contribution in [3.8, 4) is 0 Å². The molecule has 0 saturated carbocycles. The number of aryl methyl sites for hydroxylation is 2. The number of nitrogens with one attached hydrogen (secondary N) is 1. The molecule has 0 aliphatic rings. The molecular weight excluding hydrogens is 214 g/mol. The third-order valence-electron chi connectivity index (χ3n) is 2.56. The Morgan fingerprint density at radius 2 is 2.35 bits per heavy atom. The Bertz CT molecular complexity index is 369. The van der Waals surface area contributed by atoms with Crippen LogP contribution in [0.15, 0.2) is 11.8 Å². The molecule has 1 rings (SSSR count). The second kappa shape index (κ2) is 7.25. The quantitative estimate of drug-likeness (QED) is 0.732. The molecule has 1 aromatic rings. The van der Waals surface area contributed by atoms with Gasteiger partial charge in [-0.15, -0.1) is 0 Å². The van der Waals surface area contributed by atoms with Crippen LogP contribution in [0.2, 0.25) is 0 Å². The summed E-state index contributed by atoms with van der Waals surface area (Å²) in [4.78, 5) is 0. The molecule has 0 amide bonds. The van der Waals surface area contributed by atoms with E-state index in [-0.39, 0.29) is 0 Å². The molecule has 0 fully saturated rings. The van der Waals surface area contributed by atoms with E-state index in [0.29, 0.717) is 0 Å². The van der Waals surface area contributed by atoms with Crippen LogP contribution in [0.1, 0.15) is 25.1 Å². The highest BCUT2D eigenvalue weighted by Crippen LogP contribution is 2.11. The maximum atomic E-state index is 4.99. The molecule has 0 radical (unpaired) electrons. The topological polar surface area (TPSA) is 39.1 Å². The fourth-order valence-electron chi connectivity index (χ4n) is 1.72. The second-order valence-corrected chi connectivity index (χ2v) is 4.22. The highest BCUT2D eigenvalue weighted by Gasteiger charge is 2.03. The van der Waals surface area contributed by atoms with Crippen molar-refractivity contribution in [2.45, 2.75) is 20.3 Å². The summed E-state index contributed by atoms with van der Waals surface area (Å²) in [6.07, 6.45) is 5.24. The number of nitrogens with zero attached hydrogens (tertiary/aromatic N) is 2. The molecule has 0 unspecified atom stereocenters. The highest BCUT2D eigenvalue weighted by molar-refractivity contribution is 5.54. The maximum Gasteiger partial charge on any atom is 0.0694 e. The number of methoxy groups -OCH3 is 1. The number of hydrogen-bond donors (Lipinski definition) is 1. The molecule has 96 valence electrons. The lowest BCUT2D eigenvalue weighted by molar-refractivity contribution is 0.200. The fraction of sp³-hybridized carbons (Fsp3) is 0.615. The molecule has 0 saturated heterocycles. The van der Waals surface area contributed by atoms with Gasteiger partial charge in [0, 0.05) is 39.0 Å². The molecule has 0 aliphatic carbocycles. The molecular formula is C13H23N3O. The van der Waals surface area contributed by atoms with Crippen LogP contribution in [0, 0.1) is 0 Å². The predicted molar refractivity (Wildman–Crippen MR) is 71.0 cm³/mol. The van der Waals surface area contributed by atoms with Gasteiger partial charge in [-0.3, -0.25) is 4.68 Å². The van der Waals surface area contributed by atoms with Gasteiger partial charge in [-0.1, -0.05) is 18.6 Å². The Balaban J connectivity index is 2.54. The third-order valence-corrected chi connectivity index (χ3v) is 2.56. The first-order chi connectivity index (χ1) is 8.17. The van der Waals surface area contributed by atoms with Crippen LogP contribution >= 0.6 is 0 Å². The Morgan fingerprint density at radius 3 is 3.00 bits per heavy atom. The van der Waals surface area contributed by atoms with E-state index in [4.69, 9.17) is 4.74 Å². The summed E-state index contributed by atoms with van der Waals surface area (Å²) in [6, 6.07) is 0. The zero-order valence-electron chi connectivity index (χ0n) is 11.3. The molecule has 1 aromatic heterocycles. The minimum absolute atomic E-state index is 0.750. The Labute approximate surface area is 104 Å². The van der Waals surface area contributed by atoms with Crippen LogP contribution in [0.25, 0.3) is 6.08 Å². The lowest BCUT2D eigenvalue weighted by Gasteiger charge is -2.04. The summed E-state index contributed by atoms with van der Waals surface area (Å²) in [5.41, 5.74) is 3.69. The molecule has 0 aliphatic heterocycles. The van der Waals surface area contributed by atoms with Crippen molar-refractivity contribution in [3.63, 3.8) is 0 Å². The first-order valence-corrected chi connectivity index (χ1v) is 6.06. The average Bonchev–Trinajstić information content (AvgIpc) is 2.65. The van der Waals surface area contributed by atoms with Crippen LogP contribution in [0.4, 0.5) is 0 Å². The summed E-state index contributed by atoms with van der Waals surface area (Å²) < 4.78 is 6.86. The van der Waals surface area contributed by atoms with Crippen molar-refractivity contribution >= 4 is 6.08 Å². The Kier molecular flexibility index (Phi) is 5.94. The van der Waals surface area contributed by atoms with E-state index in [9.17, 15) is 0 Å². The van der Waals surface area contributed by atoms with Crippen LogP contribution in [-0.2, 0) is 18.2 Å². The van der Waals surface area contributed by atoms with Crippen molar-refractivity contribution in [2.75, 3.05) is 26.8 Å². The molecule has 1 heterocycles. The first-order valence-electron chi connectivity index (χ1n) is 6.06. The van der Waals surface area contributed by atoms with Crippen molar-refractivity contribution in [3.05, 3.63) is 23.0 Å². The van der Waals surface area contributed by atoms with E-state index in [2.05, 4.69) is 36.5 Å². The molecule has 17 heavy (non-hydrogen) atoms. The summed E-state index contributed by atoms with van der Waals surface area (Å²) >= 11 is 0. The van der Waals surface area contributed by atoms with E-state index in [1.807, 2.05) is 11.7 Å². The van der Waals surface area contributed by atoms with Crippen LogP contribution in [-0.4, -0.2) is 36.6 Å². The van der Waals surface area contributed by atoms with Gasteiger partial charge in [0.2, 0.25) is 0 Å². The van der Waals surface area contributed by atoms with Gasteiger partial charge in [0.15, 0.2) is 0 Å². The third kappa shape index (κ3) is 4.71. The normalized spacial score (nSPS) is 12.1. The summed E-state index contributed by atoms with van der Waals surface area (Å²) in [5, 5.41) is 7.75. The number of rotatable bonds is 7. The lowest BCUT2D eigenvalue weighted by atomic mass is 10.1. The van der Waals surface area contributed by atoms with Gasteiger partial charge in [0.05, 0.1) is 12.3 Å². The van der Waals surface area contributed by atoms with Crippen molar-refractivity contribution in [1.29, 1.82) is 0 Å². The van der Waals surface area contributed by atoms with Gasteiger partial charge in [0.25, 0.3) is 0 Å². The van der Waals surface area contributed by atoms with Crippen LogP contribution in [0.3, 0.4) is 0 Å². The lowest BCUT2D eigenvalue weighted by Crippen LogP contribution is -2.20. The molecule has 1 N–H and O–H groups in total. The smallest absolute Gasteiger partial charge is 0.0694 e. The number of aromatic nitrogens is 2. The molecule has 0 bridgehead atoms. The monoisotopic (exact) mass is 237 g/mol. The molecule has 0 aromatic carbocycles. The van der Waals surface area contributed by atoms with Crippen molar-refractivity contribution < 1.29 is 4.74 Å². The SMILES string of the molecule is CCc1nn(C)cc1/C=C(/C)CNCCOC. The van der Waals surface area contributed by atoms with Gasteiger partial charge in [-0.2, -0.15) is 5.10 Å². The van der Waals surface area contributed by atoms with E-state index in [1.54, 1.807) is 7.11 Å². The van der Waals surface area contributed by atoms with Crippen LogP contribution < -0.4 is 5.32 Å². The average molecular weight is 237 g/mol. The van der Waals surface area contributed by atoms with E-state index >= 15 is 0 Å². The standard InChI is InChI=1S/C13H23N3O/c1-5-13-12(10-16(3)15-13)8-11(2)9-14-6-7-17-4/h8,10,14H,5-7,9H2,1-4H3/b11-8-. The van der Waals surface area contributed by atoms with Gasteiger partial charge in [0.1, 0.15) is 0 Å². The van der Waals surface area contributed by atoms with Crippen molar-refractivity contribution in [1.82, 2.24) is 15.1 Å². The van der Waals surface area contributed by atoms with Gasteiger partial charge in [-0.05, 0) is 13.3 Å². The van der Waals surface area contributed by atoms with Crippen molar-refractivity contribution in [2.24, 2.45) is 7.05 Å². The first kappa shape index (κ1) is 13.9. The zero-order chi connectivity index (χ0) is 12.7. The molecule has 0 atom stereocenters. The van der Waals surface area contributed by atoms with Gasteiger partial charge >= 0.3 is 0 Å². The summed E-state index contributed by atoms with van der Waals surface area (Å²) in [5.74, 6) is 0. The number of hydrogen-bond acceptors (Lipinski definition) is 3. The van der Waals surface area contributed by atoms with E-state index in [1.165, 1.54) is 11.1 Å². The van der Waals surface area contributed by atoms with E-state index in [0.717, 1.165) is 31.8 Å². The number of ether oxygens (including phenoxy) is 1. The largest absolute Gasteiger partial charge is 0.383 e. The Morgan fingerprint density at radius 1 is 1.59 bits per heavy atom. The highest BCUT2D eigenvalue weighted by atomic mass is 16.5. The minimum Gasteiger partial charge on any atom is -0.383 e. The zero-order valence-corrected chi connectivity index (χ0v) is 11.3. The summed E-state index contributed by atoms with van der Waals surface area (Å²) in [6.45, 7) is 6.79. The summed E-state index contributed by atoms with van der Waals surface area (Å²) in [7, 11) is 3.68. The molecule has 4 heteroatoms. The van der Waals surface area contributed by atoms with E-state index < -0.39 is 0 Å². The van der Waals surface area contributed by atoms with Gasteiger partial charge in [-0.25, -0.2) is 0 Å². The fourth-order valence-corrected chi connectivity index (χ4v) is 1.72. The minimum atomic E-state index is 0.750. The maximum absolute atomic E-state index is 4.99.